The Labute approximate surface area is 126 Å². The fourth-order valence-electron chi connectivity index (χ4n) is 2.64. The minimum Gasteiger partial charge on any atom is -0.317 e. The summed E-state index contributed by atoms with van der Waals surface area (Å²) in [5, 5.41) is 7.90. The minimum atomic E-state index is -0.240. The van der Waals surface area contributed by atoms with Gasteiger partial charge in [-0.15, -0.1) is 0 Å². The van der Waals surface area contributed by atoms with Crippen LogP contribution in [0, 0.1) is 25.6 Å². The van der Waals surface area contributed by atoms with Gasteiger partial charge >= 0.3 is 0 Å². The number of halogens is 1. The fourth-order valence-corrected chi connectivity index (χ4v) is 2.64. The van der Waals surface area contributed by atoms with E-state index in [2.05, 4.69) is 24.3 Å². The van der Waals surface area contributed by atoms with E-state index in [1.165, 1.54) is 11.6 Å². The molecule has 0 aliphatic carbocycles. The van der Waals surface area contributed by atoms with Crippen molar-refractivity contribution >= 4 is 0 Å². The van der Waals surface area contributed by atoms with Crippen LogP contribution in [0.15, 0.2) is 24.3 Å². The number of aryl methyl sites for hydroxylation is 1. The quantitative estimate of drug-likeness (QED) is 0.883. The maximum Gasteiger partial charge on any atom is 0.148 e. The molecule has 1 aromatic carbocycles. The molecule has 0 fully saturated rings. The van der Waals surface area contributed by atoms with Gasteiger partial charge in [0.15, 0.2) is 0 Å². The lowest BCUT2D eigenvalue weighted by Gasteiger charge is -2.12. The molecule has 0 aliphatic heterocycles. The summed E-state index contributed by atoms with van der Waals surface area (Å²) in [5.41, 5.74) is 3.76. The summed E-state index contributed by atoms with van der Waals surface area (Å²) in [5.74, 6) is 0.288. The lowest BCUT2D eigenvalue weighted by atomic mass is 9.99. The van der Waals surface area contributed by atoms with Crippen molar-refractivity contribution in [2.24, 2.45) is 5.92 Å². The standard InChI is InChI=1S/C17H24FN3/c1-5-19-11-12(2)10-15-13(3)20-21(14(15)4)17-9-7-6-8-16(17)18/h6-9,12,19H,5,10-11H2,1-4H3. The first kappa shape index (κ1) is 15.7. The number of hydrogen-bond donors (Lipinski definition) is 1. The topological polar surface area (TPSA) is 29.9 Å². The lowest BCUT2D eigenvalue weighted by molar-refractivity contribution is 0.519. The van der Waals surface area contributed by atoms with Gasteiger partial charge in [-0.1, -0.05) is 26.0 Å². The van der Waals surface area contributed by atoms with E-state index in [4.69, 9.17) is 0 Å². The summed E-state index contributed by atoms with van der Waals surface area (Å²) in [6.07, 6.45) is 0.957. The highest BCUT2D eigenvalue weighted by Crippen LogP contribution is 2.22. The number of nitrogens with zero attached hydrogens (tertiary/aromatic N) is 2. The van der Waals surface area contributed by atoms with Crippen LogP contribution in [0.3, 0.4) is 0 Å². The average Bonchev–Trinajstić information content (AvgIpc) is 2.73. The second kappa shape index (κ2) is 6.85. The first-order valence-electron chi connectivity index (χ1n) is 7.55. The van der Waals surface area contributed by atoms with Gasteiger partial charge in [-0.3, -0.25) is 0 Å². The highest BCUT2D eigenvalue weighted by atomic mass is 19.1. The molecule has 0 aliphatic rings. The molecule has 1 heterocycles. The molecule has 4 heteroatoms. The Morgan fingerprint density at radius 1 is 1.29 bits per heavy atom. The Morgan fingerprint density at radius 3 is 2.67 bits per heavy atom. The minimum absolute atomic E-state index is 0.240. The summed E-state index contributed by atoms with van der Waals surface area (Å²) in [6, 6.07) is 6.77. The molecule has 0 bridgehead atoms. The molecule has 3 nitrogen and oxygen atoms in total. The van der Waals surface area contributed by atoms with Gasteiger partial charge < -0.3 is 5.32 Å². The summed E-state index contributed by atoms with van der Waals surface area (Å²) in [7, 11) is 0. The van der Waals surface area contributed by atoms with Crippen LogP contribution in [-0.2, 0) is 6.42 Å². The molecule has 0 saturated carbocycles. The first-order chi connectivity index (χ1) is 10.0. The monoisotopic (exact) mass is 289 g/mol. The van der Waals surface area contributed by atoms with Gasteiger partial charge in [-0.2, -0.15) is 5.10 Å². The summed E-state index contributed by atoms with van der Waals surface area (Å²) < 4.78 is 15.7. The van der Waals surface area contributed by atoms with Crippen LogP contribution >= 0.6 is 0 Å². The van der Waals surface area contributed by atoms with Crippen LogP contribution in [-0.4, -0.2) is 22.9 Å². The molecular formula is C17H24FN3. The van der Waals surface area contributed by atoms with Crippen molar-refractivity contribution in [2.75, 3.05) is 13.1 Å². The van der Waals surface area contributed by atoms with Gasteiger partial charge in [0.2, 0.25) is 0 Å². The van der Waals surface area contributed by atoms with Gasteiger partial charge in [-0.05, 0) is 57.0 Å². The number of nitrogens with one attached hydrogen (secondary N) is 1. The van der Waals surface area contributed by atoms with Crippen LogP contribution in [0.25, 0.3) is 5.69 Å². The number of para-hydroxylation sites is 1. The van der Waals surface area contributed by atoms with Crippen molar-refractivity contribution in [3.63, 3.8) is 0 Å². The molecule has 0 saturated heterocycles. The molecule has 1 N–H and O–H groups in total. The zero-order valence-corrected chi connectivity index (χ0v) is 13.3. The molecule has 0 radical (unpaired) electrons. The smallest absolute Gasteiger partial charge is 0.148 e. The largest absolute Gasteiger partial charge is 0.317 e. The van der Waals surface area contributed by atoms with E-state index in [1.54, 1.807) is 16.8 Å². The van der Waals surface area contributed by atoms with E-state index in [-0.39, 0.29) is 5.82 Å². The van der Waals surface area contributed by atoms with E-state index < -0.39 is 0 Å². The van der Waals surface area contributed by atoms with Crippen molar-refractivity contribution in [3.05, 3.63) is 47.0 Å². The molecule has 1 unspecified atom stereocenters. The van der Waals surface area contributed by atoms with E-state index >= 15 is 0 Å². The Balaban J connectivity index is 2.28. The van der Waals surface area contributed by atoms with Gasteiger partial charge in [0.05, 0.1) is 5.69 Å². The first-order valence-corrected chi connectivity index (χ1v) is 7.55. The highest BCUT2D eigenvalue weighted by Gasteiger charge is 2.16. The number of aromatic nitrogens is 2. The summed E-state index contributed by atoms with van der Waals surface area (Å²) in [6.45, 7) is 10.3. The SMILES string of the molecule is CCNCC(C)Cc1c(C)nn(-c2ccccc2F)c1C. The molecule has 1 atom stereocenters. The van der Waals surface area contributed by atoms with Crippen molar-refractivity contribution in [1.29, 1.82) is 0 Å². The van der Waals surface area contributed by atoms with E-state index in [9.17, 15) is 4.39 Å². The Kier molecular flexibility index (Phi) is 5.12. The molecule has 2 rings (SSSR count). The van der Waals surface area contributed by atoms with Crippen LogP contribution in [0.1, 0.15) is 30.8 Å². The zero-order chi connectivity index (χ0) is 15.4. The zero-order valence-electron chi connectivity index (χ0n) is 13.3. The van der Waals surface area contributed by atoms with Crippen molar-refractivity contribution in [1.82, 2.24) is 15.1 Å². The number of benzene rings is 1. The van der Waals surface area contributed by atoms with Gasteiger partial charge in [-0.25, -0.2) is 9.07 Å². The van der Waals surface area contributed by atoms with Gasteiger partial charge in [0.1, 0.15) is 11.5 Å². The third-order valence-corrected chi connectivity index (χ3v) is 3.82. The molecule has 2 aromatic rings. The van der Waals surface area contributed by atoms with Gasteiger partial charge in [0, 0.05) is 5.69 Å². The van der Waals surface area contributed by atoms with E-state index in [1.807, 2.05) is 19.9 Å². The lowest BCUT2D eigenvalue weighted by Crippen LogP contribution is -2.22. The van der Waals surface area contributed by atoms with Crippen LogP contribution in [0.2, 0.25) is 0 Å². The van der Waals surface area contributed by atoms with Crippen LogP contribution < -0.4 is 5.32 Å². The predicted octanol–water partition coefficient (Wildman–Crippen LogP) is 3.42. The highest BCUT2D eigenvalue weighted by molar-refractivity contribution is 5.38. The Hall–Kier alpha value is -1.68. The van der Waals surface area contributed by atoms with E-state index in [0.717, 1.165) is 30.9 Å². The average molecular weight is 289 g/mol. The van der Waals surface area contributed by atoms with Crippen LogP contribution in [0.5, 0.6) is 0 Å². The molecule has 0 amide bonds. The van der Waals surface area contributed by atoms with Crippen molar-refractivity contribution < 1.29 is 4.39 Å². The van der Waals surface area contributed by atoms with Crippen LogP contribution in [0.4, 0.5) is 4.39 Å². The molecular weight excluding hydrogens is 265 g/mol. The maximum absolute atomic E-state index is 14.0. The molecule has 1 aromatic heterocycles. The fraction of sp³-hybridized carbons (Fsp3) is 0.471. The summed E-state index contributed by atoms with van der Waals surface area (Å²) >= 11 is 0. The predicted molar refractivity (Wildman–Crippen MR) is 84.4 cm³/mol. The maximum atomic E-state index is 14.0. The number of rotatable bonds is 6. The second-order valence-electron chi connectivity index (χ2n) is 5.63. The third kappa shape index (κ3) is 3.50. The number of hydrogen-bond acceptors (Lipinski definition) is 2. The van der Waals surface area contributed by atoms with Crippen molar-refractivity contribution in [3.8, 4) is 5.69 Å². The molecule has 114 valence electrons. The second-order valence-corrected chi connectivity index (χ2v) is 5.63. The van der Waals surface area contributed by atoms with E-state index in [0.29, 0.717) is 11.6 Å². The van der Waals surface area contributed by atoms with Crippen molar-refractivity contribution in [2.45, 2.75) is 34.1 Å². The summed E-state index contributed by atoms with van der Waals surface area (Å²) in [4.78, 5) is 0. The molecule has 21 heavy (non-hydrogen) atoms. The molecule has 0 spiro atoms. The Bertz CT molecular complexity index is 604. The van der Waals surface area contributed by atoms with Gasteiger partial charge in [0.25, 0.3) is 0 Å². The third-order valence-electron chi connectivity index (χ3n) is 3.82. The normalized spacial score (nSPS) is 12.6. The Morgan fingerprint density at radius 2 is 2.00 bits per heavy atom.